The minimum atomic E-state index is -0.577. The Morgan fingerprint density at radius 2 is 2.00 bits per heavy atom. The molecule has 1 saturated heterocycles. The quantitative estimate of drug-likeness (QED) is 0.588. The van der Waals surface area contributed by atoms with E-state index in [4.69, 9.17) is 11.6 Å². The Balaban J connectivity index is 1.57. The van der Waals surface area contributed by atoms with E-state index in [0.29, 0.717) is 13.0 Å². The molecule has 1 aliphatic rings. The van der Waals surface area contributed by atoms with Crippen molar-refractivity contribution in [2.45, 2.75) is 12.8 Å². The lowest BCUT2D eigenvalue weighted by Crippen LogP contribution is -2.30. The van der Waals surface area contributed by atoms with E-state index >= 15 is 0 Å². The number of nitrogens with one attached hydrogen (secondary N) is 1. The third-order valence-electron chi connectivity index (χ3n) is 4.59. The van der Waals surface area contributed by atoms with Gasteiger partial charge >= 0.3 is 0 Å². The molecule has 2 aromatic rings. The van der Waals surface area contributed by atoms with E-state index in [0.717, 1.165) is 11.6 Å². The summed E-state index contributed by atoms with van der Waals surface area (Å²) in [5.74, 6) is -1.35. The van der Waals surface area contributed by atoms with Crippen LogP contribution in [0.5, 0.6) is 0 Å². The van der Waals surface area contributed by atoms with Gasteiger partial charge in [-0.1, -0.05) is 23.7 Å². The van der Waals surface area contributed by atoms with Gasteiger partial charge in [-0.05, 0) is 30.2 Å². The second-order valence-corrected chi connectivity index (χ2v) is 6.93. The topological polar surface area (TPSA) is 92.5 Å². The zero-order valence-corrected chi connectivity index (χ0v) is 15.5. The lowest BCUT2D eigenvalue weighted by Gasteiger charge is -2.16. The number of carbonyl (C=O) groups is 2. The molecule has 0 aliphatic carbocycles. The van der Waals surface area contributed by atoms with Gasteiger partial charge in [-0.25, -0.2) is 4.39 Å². The first-order valence-electron chi connectivity index (χ1n) is 8.60. The van der Waals surface area contributed by atoms with E-state index in [2.05, 4.69) is 5.32 Å². The van der Waals surface area contributed by atoms with Gasteiger partial charge in [0.05, 0.1) is 21.6 Å². The average molecular weight is 406 g/mol. The van der Waals surface area contributed by atoms with Crippen molar-refractivity contribution < 1.29 is 18.9 Å². The fourth-order valence-corrected chi connectivity index (χ4v) is 3.25. The van der Waals surface area contributed by atoms with Crippen LogP contribution in [-0.2, 0) is 16.0 Å². The van der Waals surface area contributed by atoms with Crippen LogP contribution in [0.15, 0.2) is 42.5 Å². The Labute approximate surface area is 165 Å². The maximum Gasteiger partial charge on any atom is 0.271 e. The van der Waals surface area contributed by atoms with Crippen LogP contribution in [-0.4, -0.2) is 34.7 Å². The number of halogens is 2. The number of nitrogens with zero attached hydrogens (tertiary/aromatic N) is 2. The summed E-state index contributed by atoms with van der Waals surface area (Å²) in [6.07, 6.45) is 0.647. The number of carbonyl (C=O) groups excluding carboxylic acids is 2. The third kappa shape index (κ3) is 4.64. The molecule has 1 aliphatic heterocycles. The molecule has 0 radical (unpaired) electrons. The van der Waals surface area contributed by atoms with Crippen LogP contribution < -0.4 is 5.32 Å². The van der Waals surface area contributed by atoms with Gasteiger partial charge in [0.15, 0.2) is 0 Å². The van der Waals surface area contributed by atoms with Crippen molar-refractivity contribution in [3.63, 3.8) is 0 Å². The number of anilines is 1. The van der Waals surface area contributed by atoms with Gasteiger partial charge in [0.2, 0.25) is 11.8 Å². The number of hydrogen-bond donors (Lipinski definition) is 1. The molecular formula is C19H17ClFN3O4. The van der Waals surface area contributed by atoms with Crippen molar-refractivity contribution in [1.29, 1.82) is 0 Å². The molecule has 146 valence electrons. The van der Waals surface area contributed by atoms with E-state index in [-0.39, 0.29) is 47.0 Å². The van der Waals surface area contributed by atoms with E-state index < -0.39 is 10.8 Å². The number of non-ortho nitro benzene ring substituents is 1. The SMILES string of the molecule is O=C(Nc1ccc([N+](=O)[O-])cc1Cl)[C@@H]1CC(=O)N(CCc2ccc(F)cc2)C1. The van der Waals surface area contributed by atoms with Crippen LogP contribution >= 0.6 is 11.6 Å². The predicted octanol–water partition coefficient (Wildman–Crippen LogP) is 3.42. The van der Waals surface area contributed by atoms with Gasteiger partial charge in [-0.15, -0.1) is 0 Å². The number of nitro groups is 1. The van der Waals surface area contributed by atoms with Gasteiger partial charge in [-0.3, -0.25) is 19.7 Å². The molecule has 1 fully saturated rings. The molecule has 28 heavy (non-hydrogen) atoms. The molecule has 2 aromatic carbocycles. The van der Waals surface area contributed by atoms with Crippen LogP contribution in [0.4, 0.5) is 15.8 Å². The summed E-state index contributed by atoms with van der Waals surface area (Å²) in [6, 6.07) is 9.83. The second kappa shape index (κ2) is 8.35. The Morgan fingerprint density at radius 1 is 1.29 bits per heavy atom. The molecule has 2 amide bonds. The number of rotatable bonds is 6. The van der Waals surface area contributed by atoms with Gasteiger partial charge in [0.25, 0.3) is 5.69 Å². The first kappa shape index (κ1) is 19.8. The Hall–Kier alpha value is -3.00. The fraction of sp³-hybridized carbons (Fsp3) is 0.263. The molecule has 0 saturated carbocycles. The minimum Gasteiger partial charge on any atom is -0.342 e. The van der Waals surface area contributed by atoms with Gasteiger partial charge in [0.1, 0.15) is 5.82 Å². The highest BCUT2D eigenvalue weighted by molar-refractivity contribution is 6.34. The average Bonchev–Trinajstić information content (AvgIpc) is 3.03. The lowest BCUT2D eigenvalue weighted by molar-refractivity contribution is -0.384. The number of likely N-dealkylation sites (tertiary alicyclic amines) is 1. The van der Waals surface area contributed by atoms with Crippen LogP contribution in [0.2, 0.25) is 5.02 Å². The van der Waals surface area contributed by atoms with Crippen LogP contribution in [0, 0.1) is 21.8 Å². The highest BCUT2D eigenvalue weighted by Gasteiger charge is 2.34. The molecule has 1 heterocycles. The largest absolute Gasteiger partial charge is 0.342 e. The van der Waals surface area contributed by atoms with Crippen LogP contribution in [0.3, 0.4) is 0 Å². The van der Waals surface area contributed by atoms with E-state index in [9.17, 15) is 24.1 Å². The number of amides is 2. The van der Waals surface area contributed by atoms with Crippen molar-refractivity contribution in [2.24, 2.45) is 5.92 Å². The molecule has 0 spiro atoms. The van der Waals surface area contributed by atoms with Crippen molar-refractivity contribution in [2.75, 3.05) is 18.4 Å². The smallest absolute Gasteiger partial charge is 0.271 e. The normalized spacial score (nSPS) is 16.3. The lowest BCUT2D eigenvalue weighted by atomic mass is 10.1. The standard InChI is InChI=1S/C19H17ClFN3O4/c20-16-10-15(24(27)28)5-6-17(16)22-19(26)13-9-18(25)23(11-13)8-7-12-1-3-14(21)4-2-12/h1-6,10,13H,7-9,11H2,(H,22,26)/t13-/m1/s1. The third-order valence-corrected chi connectivity index (χ3v) is 4.90. The second-order valence-electron chi connectivity index (χ2n) is 6.53. The summed E-state index contributed by atoms with van der Waals surface area (Å²) in [5, 5.41) is 13.4. The van der Waals surface area contributed by atoms with Crippen molar-refractivity contribution in [3.8, 4) is 0 Å². The number of nitro benzene ring substituents is 1. The first-order chi connectivity index (χ1) is 13.3. The highest BCUT2D eigenvalue weighted by Crippen LogP contribution is 2.28. The summed E-state index contributed by atoms with van der Waals surface area (Å²) in [5.41, 5.74) is 0.986. The molecule has 0 unspecified atom stereocenters. The summed E-state index contributed by atoms with van der Waals surface area (Å²) >= 11 is 5.99. The highest BCUT2D eigenvalue weighted by atomic mass is 35.5. The van der Waals surface area contributed by atoms with Gasteiger partial charge < -0.3 is 10.2 Å². The molecule has 3 rings (SSSR count). The molecular weight excluding hydrogens is 389 g/mol. The molecule has 1 atom stereocenters. The number of benzene rings is 2. The zero-order chi connectivity index (χ0) is 20.3. The maximum absolute atomic E-state index is 12.9. The number of hydrogen-bond acceptors (Lipinski definition) is 4. The van der Waals surface area contributed by atoms with Crippen LogP contribution in [0.25, 0.3) is 0 Å². The first-order valence-corrected chi connectivity index (χ1v) is 8.98. The predicted molar refractivity (Wildman–Crippen MR) is 102 cm³/mol. The Morgan fingerprint density at radius 3 is 2.64 bits per heavy atom. The molecule has 9 heteroatoms. The molecule has 1 N–H and O–H groups in total. The summed E-state index contributed by atoms with van der Waals surface area (Å²) in [7, 11) is 0. The molecule has 0 aromatic heterocycles. The van der Waals surface area contributed by atoms with Crippen LogP contribution in [0.1, 0.15) is 12.0 Å². The maximum atomic E-state index is 12.9. The van der Waals surface area contributed by atoms with E-state index in [1.54, 1.807) is 17.0 Å². The van der Waals surface area contributed by atoms with Crippen molar-refractivity contribution in [3.05, 3.63) is 69.0 Å². The van der Waals surface area contributed by atoms with Crippen molar-refractivity contribution >= 4 is 34.8 Å². The summed E-state index contributed by atoms with van der Waals surface area (Å²) < 4.78 is 12.9. The Kier molecular flexibility index (Phi) is 5.89. The monoisotopic (exact) mass is 405 g/mol. The summed E-state index contributed by atoms with van der Waals surface area (Å²) in [6.45, 7) is 0.711. The zero-order valence-electron chi connectivity index (χ0n) is 14.7. The fourth-order valence-electron chi connectivity index (χ4n) is 3.03. The minimum absolute atomic E-state index is 0.0556. The van der Waals surface area contributed by atoms with E-state index in [1.165, 1.54) is 24.3 Å². The Bertz CT molecular complexity index is 920. The van der Waals surface area contributed by atoms with Crippen molar-refractivity contribution in [1.82, 2.24) is 4.90 Å². The summed E-state index contributed by atoms with van der Waals surface area (Å²) in [4.78, 5) is 36.4. The molecule has 7 nitrogen and oxygen atoms in total. The van der Waals surface area contributed by atoms with E-state index in [1.807, 2.05) is 0 Å². The molecule has 0 bridgehead atoms. The van der Waals surface area contributed by atoms with Gasteiger partial charge in [0, 0.05) is 31.6 Å². The van der Waals surface area contributed by atoms with Gasteiger partial charge in [-0.2, -0.15) is 0 Å².